The van der Waals surface area contributed by atoms with Crippen molar-refractivity contribution < 1.29 is 4.79 Å². The molecule has 1 aliphatic carbocycles. The van der Waals surface area contributed by atoms with Gasteiger partial charge in [0.15, 0.2) is 0 Å². The quantitative estimate of drug-likeness (QED) is 0.788. The smallest absolute Gasteiger partial charge is 0.225 e. The van der Waals surface area contributed by atoms with Gasteiger partial charge in [-0.1, -0.05) is 11.6 Å². The Bertz CT molecular complexity index is 393. The van der Waals surface area contributed by atoms with E-state index in [1.165, 1.54) is 0 Å². The molecule has 0 spiro atoms. The van der Waals surface area contributed by atoms with Crippen LogP contribution in [0.5, 0.6) is 0 Å². The van der Waals surface area contributed by atoms with E-state index >= 15 is 0 Å². The van der Waals surface area contributed by atoms with E-state index in [2.05, 4.69) is 10.3 Å². The van der Waals surface area contributed by atoms with E-state index in [0.29, 0.717) is 23.2 Å². The van der Waals surface area contributed by atoms with Crippen molar-refractivity contribution in [2.24, 2.45) is 11.7 Å². The topological polar surface area (TPSA) is 68.0 Å². The number of carbonyl (C=O) groups excluding carboxylic acids is 1. The Labute approximate surface area is 99.2 Å². The van der Waals surface area contributed by atoms with Gasteiger partial charge in [-0.2, -0.15) is 0 Å². The van der Waals surface area contributed by atoms with Gasteiger partial charge < -0.3 is 11.1 Å². The predicted octanol–water partition coefficient (Wildman–Crippen LogP) is 1.80. The first-order valence-corrected chi connectivity index (χ1v) is 5.70. The number of hydrogen-bond donors (Lipinski definition) is 2. The lowest BCUT2D eigenvalue weighted by Crippen LogP contribution is -2.28. The zero-order valence-electron chi connectivity index (χ0n) is 8.82. The minimum atomic E-state index is -0.0679. The highest BCUT2D eigenvalue weighted by atomic mass is 35.5. The molecule has 0 saturated heterocycles. The average molecular weight is 240 g/mol. The van der Waals surface area contributed by atoms with Gasteiger partial charge in [0.25, 0.3) is 0 Å². The summed E-state index contributed by atoms with van der Waals surface area (Å²) in [5.74, 6) is 0.466. The molecule has 1 heterocycles. The normalized spacial score (nSPS) is 16.9. The number of nitrogens with zero attached hydrogens (tertiary/aromatic N) is 1. The highest BCUT2D eigenvalue weighted by molar-refractivity contribution is 6.29. The fourth-order valence-corrected chi connectivity index (χ4v) is 1.77. The van der Waals surface area contributed by atoms with Crippen LogP contribution in [-0.4, -0.2) is 16.9 Å². The maximum absolute atomic E-state index is 11.6. The van der Waals surface area contributed by atoms with E-state index in [4.69, 9.17) is 17.3 Å². The molecule has 0 bridgehead atoms. The molecule has 1 aliphatic rings. The first-order valence-electron chi connectivity index (χ1n) is 5.32. The van der Waals surface area contributed by atoms with Crippen LogP contribution < -0.4 is 11.1 Å². The number of nitrogens with two attached hydrogens (primary N) is 1. The number of aromatic nitrogens is 1. The van der Waals surface area contributed by atoms with Gasteiger partial charge in [0.05, 0.1) is 0 Å². The molecule has 86 valence electrons. The minimum Gasteiger partial charge on any atom is -0.327 e. The van der Waals surface area contributed by atoms with Crippen LogP contribution in [0.3, 0.4) is 0 Å². The van der Waals surface area contributed by atoms with Crippen LogP contribution in [0.4, 0.5) is 5.69 Å². The third-order valence-electron chi connectivity index (χ3n) is 2.66. The SMILES string of the molecule is NC(CC(=O)Nc1ccnc(Cl)c1)C1CC1. The lowest BCUT2D eigenvalue weighted by atomic mass is 10.1. The Morgan fingerprint density at radius 3 is 3.06 bits per heavy atom. The van der Waals surface area contributed by atoms with Crippen molar-refractivity contribution >= 4 is 23.2 Å². The molecule has 2 rings (SSSR count). The summed E-state index contributed by atoms with van der Waals surface area (Å²) in [5.41, 5.74) is 6.52. The van der Waals surface area contributed by atoms with Crippen molar-refractivity contribution in [3.63, 3.8) is 0 Å². The van der Waals surface area contributed by atoms with Crippen LogP contribution >= 0.6 is 11.6 Å². The molecule has 1 aromatic rings. The summed E-state index contributed by atoms with van der Waals surface area (Å²) in [7, 11) is 0. The monoisotopic (exact) mass is 239 g/mol. The minimum absolute atomic E-state index is 0.0164. The van der Waals surface area contributed by atoms with E-state index in [9.17, 15) is 4.79 Å². The van der Waals surface area contributed by atoms with Gasteiger partial charge in [0.2, 0.25) is 5.91 Å². The average Bonchev–Trinajstić information content (AvgIpc) is 2.99. The number of pyridine rings is 1. The van der Waals surface area contributed by atoms with Crippen molar-refractivity contribution in [2.75, 3.05) is 5.32 Å². The second-order valence-electron chi connectivity index (χ2n) is 4.12. The number of rotatable bonds is 4. The van der Waals surface area contributed by atoms with E-state index in [0.717, 1.165) is 12.8 Å². The molecular formula is C11H14ClN3O. The summed E-state index contributed by atoms with van der Waals surface area (Å²) in [6, 6.07) is 3.30. The fraction of sp³-hybridized carbons (Fsp3) is 0.455. The second kappa shape index (κ2) is 4.80. The Balaban J connectivity index is 1.86. The fourth-order valence-electron chi connectivity index (χ4n) is 1.60. The van der Waals surface area contributed by atoms with Gasteiger partial charge in [-0.25, -0.2) is 4.98 Å². The maximum Gasteiger partial charge on any atom is 0.225 e. The second-order valence-corrected chi connectivity index (χ2v) is 4.51. The number of nitrogens with one attached hydrogen (secondary N) is 1. The third-order valence-corrected chi connectivity index (χ3v) is 2.87. The number of hydrogen-bond acceptors (Lipinski definition) is 3. The molecular weight excluding hydrogens is 226 g/mol. The van der Waals surface area contributed by atoms with Gasteiger partial charge in [-0.3, -0.25) is 4.79 Å². The van der Waals surface area contributed by atoms with E-state index in [-0.39, 0.29) is 11.9 Å². The summed E-state index contributed by atoms with van der Waals surface area (Å²) in [6.45, 7) is 0. The standard InChI is InChI=1S/C11H14ClN3O/c12-10-5-8(3-4-14-10)15-11(16)6-9(13)7-1-2-7/h3-5,7,9H,1-2,6,13H2,(H,14,15,16). The Kier molecular flexibility index (Phi) is 3.41. The lowest BCUT2D eigenvalue weighted by Gasteiger charge is -2.10. The molecule has 3 N–H and O–H groups in total. The van der Waals surface area contributed by atoms with Crippen molar-refractivity contribution in [1.29, 1.82) is 0 Å². The molecule has 1 atom stereocenters. The summed E-state index contributed by atoms with van der Waals surface area (Å²) >= 11 is 5.71. The van der Waals surface area contributed by atoms with Crippen molar-refractivity contribution in [3.05, 3.63) is 23.5 Å². The van der Waals surface area contributed by atoms with Gasteiger partial charge in [-0.15, -0.1) is 0 Å². The summed E-state index contributed by atoms with van der Waals surface area (Å²) in [5, 5.41) is 3.12. The molecule has 1 aromatic heterocycles. The van der Waals surface area contributed by atoms with Crippen molar-refractivity contribution in [3.8, 4) is 0 Å². The number of anilines is 1. The van der Waals surface area contributed by atoms with Crippen LogP contribution in [0, 0.1) is 5.92 Å². The third kappa shape index (κ3) is 3.18. The van der Waals surface area contributed by atoms with E-state index in [1.807, 2.05) is 0 Å². The largest absolute Gasteiger partial charge is 0.327 e. The lowest BCUT2D eigenvalue weighted by molar-refractivity contribution is -0.116. The molecule has 5 heteroatoms. The van der Waals surface area contributed by atoms with E-state index < -0.39 is 0 Å². The molecule has 1 saturated carbocycles. The number of halogens is 1. The summed E-state index contributed by atoms with van der Waals surface area (Å²) in [6.07, 6.45) is 4.22. The van der Waals surface area contributed by atoms with Crippen molar-refractivity contribution in [2.45, 2.75) is 25.3 Å². The number of amides is 1. The van der Waals surface area contributed by atoms with Crippen molar-refractivity contribution in [1.82, 2.24) is 4.98 Å². The highest BCUT2D eigenvalue weighted by Gasteiger charge is 2.29. The van der Waals surface area contributed by atoms with Gasteiger partial charge in [0.1, 0.15) is 5.15 Å². The molecule has 16 heavy (non-hydrogen) atoms. The zero-order chi connectivity index (χ0) is 11.5. The Morgan fingerprint density at radius 1 is 1.69 bits per heavy atom. The van der Waals surface area contributed by atoms with Crippen LogP contribution in [0.2, 0.25) is 5.15 Å². The molecule has 4 nitrogen and oxygen atoms in total. The van der Waals surface area contributed by atoms with Crippen LogP contribution in [0.1, 0.15) is 19.3 Å². The van der Waals surface area contributed by atoms with E-state index in [1.54, 1.807) is 18.3 Å². The molecule has 1 amide bonds. The van der Waals surface area contributed by atoms with Crippen LogP contribution in [0.15, 0.2) is 18.3 Å². The molecule has 1 fully saturated rings. The molecule has 0 aliphatic heterocycles. The van der Waals surface area contributed by atoms with Gasteiger partial charge >= 0.3 is 0 Å². The first kappa shape index (κ1) is 11.4. The molecule has 1 unspecified atom stereocenters. The summed E-state index contributed by atoms with van der Waals surface area (Å²) < 4.78 is 0. The van der Waals surface area contributed by atoms with Gasteiger partial charge in [0, 0.05) is 24.3 Å². The highest BCUT2D eigenvalue weighted by Crippen LogP contribution is 2.32. The van der Waals surface area contributed by atoms with Gasteiger partial charge in [-0.05, 0) is 30.9 Å². The Hall–Kier alpha value is -1.13. The Morgan fingerprint density at radius 2 is 2.44 bits per heavy atom. The maximum atomic E-state index is 11.6. The molecule has 0 aromatic carbocycles. The first-order chi connectivity index (χ1) is 7.65. The summed E-state index contributed by atoms with van der Waals surface area (Å²) in [4.78, 5) is 15.4. The zero-order valence-corrected chi connectivity index (χ0v) is 9.57. The molecule has 0 radical (unpaired) electrons. The predicted molar refractivity (Wildman–Crippen MR) is 63.2 cm³/mol. The number of carbonyl (C=O) groups is 1. The van der Waals surface area contributed by atoms with Crippen LogP contribution in [-0.2, 0) is 4.79 Å². The van der Waals surface area contributed by atoms with Crippen LogP contribution in [0.25, 0.3) is 0 Å².